The van der Waals surface area contributed by atoms with Crippen LogP contribution in [0.4, 0.5) is 0 Å². The van der Waals surface area contributed by atoms with E-state index in [2.05, 4.69) is 27.4 Å². The van der Waals surface area contributed by atoms with Crippen molar-refractivity contribution in [3.05, 3.63) is 0 Å². The number of azo groups is 1. The second kappa shape index (κ2) is 1.98. The molecule has 0 aromatic carbocycles. The first-order chi connectivity index (χ1) is 4.20. The Balaban J connectivity index is 2.88. The van der Waals surface area contributed by atoms with Crippen molar-refractivity contribution >= 4 is 29.1 Å². The maximum absolute atomic E-state index is 10.0. The minimum atomic E-state index is -1.21. The summed E-state index contributed by atoms with van der Waals surface area (Å²) in [6.07, 6.45) is 0. The number of hydrogen-bond donors (Lipinski definition) is 1. The van der Waals surface area contributed by atoms with Crippen molar-refractivity contribution in [2.75, 3.05) is 0 Å². The van der Waals surface area contributed by atoms with Crippen LogP contribution in [0.1, 0.15) is 0 Å². The van der Waals surface area contributed by atoms with Crippen LogP contribution in [0.15, 0.2) is 15.2 Å². The van der Waals surface area contributed by atoms with Crippen LogP contribution >= 0.6 is 12.2 Å². The van der Waals surface area contributed by atoms with E-state index in [9.17, 15) is 4.79 Å². The molecule has 0 radical (unpaired) electrons. The van der Waals surface area contributed by atoms with Gasteiger partial charge in [0.25, 0.3) is 5.84 Å². The minimum absolute atomic E-state index is 0.0348. The molecule has 1 aliphatic heterocycles. The first-order valence-corrected chi connectivity index (χ1v) is 2.38. The van der Waals surface area contributed by atoms with Gasteiger partial charge in [-0.2, -0.15) is 4.99 Å². The fourth-order valence-electron chi connectivity index (χ4n) is 0.316. The van der Waals surface area contributed by atoms with E-state index in [-0.39, 0.29) is 10.9 Å². The number of nitrogens with zero attached hydrogens (tertiary/aromatic N) is 3. The Kier molecular flexibility index (Phi) is 1.31. The number of carboxylic acid groups (broad SMARTS) is 1. The SMILES string of the molecule is O=C(O)C1=NC(=S)N=N1. The lowest BCUT2D eigenvalue weighted by molar-refractivity contribution is -0.129. The number of aliphatic imine (C=N–C) groups is 1. The second-order valence-electron chi connectivity index (χ2n) is 1.22. The Hall–Kier alpha value is -1.17. The van der Waals surface area contributed by atoms with Gasteiger partial charge in [-0.15, -0.1) is 10.2 Å². The number of rotatable bonds is 1. The average molecular weight is 143 g/mol. The van der Waals surface area contributed by atoms with Gasteiger partial charge in [-0.05, 0) is 12.2 Å². The topological polar surface area (TPSA) is 74.4 Å². The summed E-state index contributed by atoms with van der Waals surface area (Å²) in [5.74, 6) is -1.56. The highest BCUT2D eigenvalue weighted by molar-refractivity contribution is 7.80. The van der Waals surface area contributed by atoms with Crippen LogP contribution in [0.2, 0.25) is 0 Å². The smallest absolute Gasteiger partial charge is 0.375 e. The summed E-state index contributed by atoms with van der Waals surface area (Å²) >= 11 is 4.40. The third kappa shape index (κ3) is 1.14. The highest BCUT2D eigenvalue weighted by atomic mass is 32.1. The fourth-order valence-corrected chi connectivity index (χ4v) is 0.443. The molecule has 0 saturated heterocycles. The highest BCUT2D eigenvalue weighted by Crippen LogP contribution is 1.98. The molecule has 0 aliphatic carbocycles. The zero-order valence-electron chi connectivity index (χ0n) is 4.11. The van der Waals surface area contributed by atoms with Gasteiger partial charge >= 0.3 is 5.97 Å². The molecule has 1 N–H and O–H groups in total. The zero-order chi connectivity index (χ0) is 6.85. The molecule has 0 bridgehead atoms. The highest BCUT2D eigenvalue weighted by Gasteiger charge is 2.13. The van der Waals surface area contributed by atoms with Crippen molar-refractivity contribution in [3.63, 3.8) is 0 Å². The molecule has 6 heteroatoms. The summed E-state index contributed by atoms with van der Waals surface area (Å²) in [6, 6.07) is 0. The lowest BCUT2D eigenvalue weighted by Crippen LogP contribution is -2.07. The molecule has 1 aliphatic rings. The Labute approximate surface area is 55.1 Å². The van der Waals surface area contributed by atoms with E-state index in [1.54, 1.807) is 0 Å². The predicted molar refractivity (Wildman–Crippen MR) is 32.5 cm³/mol. The summed E-state index contributed by atoms with van der Waals surface area (Å²) < 4.78 is 0. The molecule has 0 fully saturated rings. The van der Waals surface area contributed by atoms with Gasteiger partial charge in [0.15, 0.2) is 0 Å². The molecule has 0 aromatic heterocycles. The van der Waals surface area contributed by atoms with Crippen LogP contribution in [0.5, 0.6) is 0 Å². The normalized spacial score (nSPS) is 16.0. The van der Waals surface area contributed by atoms with E-state index < -0.39 is 5.97 Å². The van der Waals surface area contributed by atoms with Gasteiger partial charge in [-0.3, -0.25) is 0 Å². The molecule has 0 aromatic rings. The molecular weight excluding hydrogens is 142 g/mol. The van der Waals surface area contributed by atoms with E-state index >= 15 is 0 Å². The van der Waals surface area contributed by atoms with Gasteiger partial charge in [0, 0.05) is 0 Å². The lowest BCUT2D eigenvalue weighted by Gasteiger charge is -1.78. The monoisotopic (exact) mass is 143 g/mol. The van der Waals surface area contributed by atoms with Crippen molar-refractivity contribution < 1.29 is 9.90 Å². The predicted octanol–water partition coefficient (Wildman–Crippen LogP) is 0.220. The Morgan fingerprint density at radius 1 is 1.56 bits per heavy atom. The van der Waals surface area contributed by atoms with E-state index in [4.69, 9.17) is 5.11 Å². The molecule has 46 valence electrons. The fraction of sp³-hybridized carbons (Fsp3) is 0. The van der Waals surface area contributed by atoms with Crippen molar-refractivity contribution in [1.29, 1.82) is 0 Å². The summed E-state index contributed by atoms with van der Waals surface area (Å²) in [7, 11) is 0. The zero-order valence-corrected chi connectivity index (χ0v) is 4.92. The van der Waals surface area contributed by atoms with Crippen LogP contribution in [0, 0.1) is 0 Å². The molecule has 0 spiro atoms. The molecule has 0 saturated carbocycles. The third-order valence-electron chi connectivity index (χ3n) is 0.623. The van der Waals surface area contributed by atoms with Gasteiger partial charge < -0.3 is 5.11 Å². The maximum Gasteiger partial charge on any atom is 0.375 e. The number of amidine groups is 1. The maximum atomic E-state index is 10.0. The summed E-state index contributed by atoms with van der Waals surface area (Å²) in [6.45, 7) is 0. The summed E-state index contributed by atoms with van der Waals surface area (Å²) in [5.41, 5.74) is 0. The Morgan fingerprint density at radius 3 is 2.44 bits per heavy atom. The van der Waals surface area contributed by atoms with Gasteiger partial charge in [-0.1, -0.05) is 0 Å². The van der Waals surface area contributed by atoms with Crippen LogP contribution in [0.25, 0.3) is 0 Å². The molecule has 0 unspecified atom stereocenters. The van der Waals surface area contributed by atoms with Crippen LogP contribution in [-0.4, -0.2) is 22.0 Å². The minimum Gasteiger partial charge on any atom is -0.475 e. The van der Waals surface area contributed by atoms with Gasteiger partial charge in [0.05, 0.1) is 0 Å². The van der Waals surface area contributed by atoms with Gasteiger partial charge in [-0.25, -0.2) is 4.79 Å². The van der Waals surface area contributed by atoms with E-state index in [0.717, 1.165) is 0 Å². The molecule has 1 heterocycles. The summed E-state index contributed by atoms with van der Waals surface area (Å²) in [5, 5.41) is 14.5. The Bertz CT molecular complexity index is 231. The van der Waals surface area contributed by atoms with E-state index in [0.29, 0.717) is 0 Å². The number of thiocarbonyl (C=S) groups is 1. The second-order valence-corrected chi connectivity index (χ2v) is 1.59. The largest absolute Gasteiger partial charge is 0.475 e. The number of carboxylic acids is 1. The van der Waals surface area contributed by atoms with Crippen molar-refractivity contribution in [2.24, 2.45) is 15.2 Å². The molecule has 1 rings (SSSR count). The van der Waals surface area contributed by atoms with E-state index in [1.807, 2.05) is 0 Å². The molecule has 0 amide bonds. The summed E-state index contributed by atoms with van der Waals surface area (Å²) in [4.78, 5) is 13.3. The number of carbonyl (C=O) groups is 1. The standard InChI is InChI=1S/C3HN3O2S/c7-2(8)1-4-3(9)6-5-1/h(H,7,8). The van der Waals surface area contributed by atoms with Crippen LogP contribution in [-0.2, 0) is 4.79 Å². The lowest BCUT2D eigenvalue weighted by atomic mass is 10.6. The third-order valence-corrected chi connectivity index (χ3v) is 0.796. The van der Waals surface area contributed by atoms with Gasteiger partial charge in [0.2, 0.25) is 5.11 Å². The van der Waals surface area contributed by atoms with Crippen LogP contribution in [0.3, 0.4) is 0 Å². The molecule has 5 nitrogen and oxygen atoms in total. The average Bonchev–Trinajstić information content (AvgIpc) is 2.14. The first kappa shape index (κ1) is 5.96. The molecule has 9 heavy (non-hydrogen) atoms. The van der Waals surface area contributed by atoms with Crippen molar-refractivity contribution in [1.82, 2.24) is 0 Å². The van der Waals surface area contributed by atoms with Crippen molar-refractivity contribution in [2.45, 2.75) is 0 Å². The number of aliphatic carboxylic acids is 1. The van der Waals surface area contributed by atoms with Crippen molar-refractivity contribution in [3.8, 4) is 0 Å². The first-order valence-electron chi connectivity index (χ1n) is 1.98. The number of hydrogen-bond acceptors (Lipinski definition) is 3. The van der Waals surface area contributed by atoms with Gasteiger partial charge in [0.1, 0.15) is 0 Å². The quantitative estimate of drug-likeness (QED) is 0.533. The van der Waals surface area contributed by atoms with Crippen LogP contribution < -0.4 is 0 Å². The molecule has 0 atom stereocenters. The Morgan fingerprint density at radius 2 is 2.22 bits per heavy atom. The molecular formula is C3HN3O2S. The van der Waals surface area contributed by atoms with E-state index in [1.165, 1.54) is 0 Å².